The van der Waals surface area contributed by atoms with Crippen LogP contribution in [0.3, 0.4) is 0 Å². The van der Waals surface area contributed by atoms with Crippen LogP contribution in [0.2, 0.25) is 0 Å². The summed E-state index contributed by atoms with van der Waals surface area (Å²) >= 11 is 0. The summed E-state index contributed by atoms with van der Waals surface area (Å²) in [5.74, 6) is -4.75. The molecule has 0 aromatic heterocycles. The van der Waals surface area contributed by atoms with Crippen LogP contribution in [0.4, 0.5) is 10.1 Å². The third-order valence-corrected chi connectivity index (χ3v) is 1.69. The fourth-order valence-corrected chi connectivity index (χ4v) is 1.01. The van der Waals surface area contributed by atoms with Crippen LogP contribution >= 0.6 is 0 Å². The molecule has 0 heterocycles. The van der Waals surface area contributed by atoms with E-state index in [1.807, 2.05) is 5.32 Å². The van der Waals surface area contributed by atoms with Gasteiger partial charge in [0.25, 0.3) is 5.91 Å². The van der Waals surface area contributed by atoms with Gasteiger partial charge in [-0.05, 0) is 18.2 Å². The lowest BCUT2D eigenvalue weighted by atomic mass is 10.1. The molecule has 84 valence electrons. The Labute approximate surface area is 88.9 Å². The molecule has 0 radical (unpaired) electrons. The van der Waals surface area contributed by atoms with Gasteiger partial charge < -0.3 is 16.2 Å². The van der Waals surface area contributed by atoms with E-state index < -0.39 is 23.6 Å². The molecule has 0 atom stereocenters. The summed E-state index contributed by atoms with van der Waals surface area (Å²) in [4.78, 5) is 31.9. The Balaban J connectivity index is 3.09. The lowest BCUT2D eigenvalue weighted by Gasteiger charge is -2.06. The van der Waals surface area contributed by atoms with E-state index in [1.165, 1.54) is 0 Å². The van der Waals surface area contributed by atoms with Crippen LogP contribution in [-0.4, -0.2) is 22.9 Å². The molecule has 6 nitrogen and oxygen atoms in total. The molecule has 0 fully saturated rings. The Morgan fingerprint density at radius 3 is 2.44 bits per heavy atom. The number of halogens is 1. The molecule has 0 aliphatic carbocycles. The number of carbonyl (C=O) groups is 3. The maximum Gasteiger partial charge on any atom is 0.394 e. The van der Waals surface area contributed by atoms with E-state index in [0.717, 1.165) is 18.2 Å². The quantitative estimate of drug-likeness (QED) is 0.614. The lowest BCUT2D eigenvalue weighted by molar-refractivity contribution is -0.147. The first kappa shape index (κ1) is 11.6. The monoisotopic (exact) mass is 226 g/mol. The van der Waals surface area contributed by atoms with Gasteiger partial charge in [-0.1, -0.05) is 0 Å². The number of amides is 2. The largest absolute Gasteiger partial charge is 0.474 e. The molecule has 0 aliphatic heterocycles. The number of primary amides is 1. The topological polar surface area (TPSA) is 109 Å². The van der Waals surface area contributed by atoms with Crippen molar-refractivity contribution < 1.29 is 23.9 Å². The van der Waals surface area contributed by atoms with E-state index in [0.29, 0.717) is 0 Å². The highest BCUT2D eigenvalue weighted by molar-refractivity contribution is 6.36. The van der Waals surface area contributed by atoms with Crippen LogP contribution in [0.1, 0.15) is 10.4 Å². The minimum absolute atomic E-state index is 0.152. The van der Waals surface area contributed by atoms with Crippen molar-refractivity contribution in [3.63, 3.8) is 0 Å². The Kier molecular flexibility index (Phi) is 3.19. The van der Waals surface area contributed by atoms with E-state index >= 15 is 0 Å². The fraction of sp³-hybridized carbons (Fsp3) is 0. The molecule has 7 heteroatoms. The molecule has 1 rings (SSSR count). The van der Waals surface area contributed by atoms with E-state index in [9.17, 15) is 18.8 Å². The highest BCUT2D eigenvalue weighted by atomic mass is 19.1. The van der Waals surface area contributed by atoms with Gasteiger partial charge in [0, 0.05) is 0 Å². The van der Waals surface area contributed by atoms with Crippen LogP contribution < -0.4 is 11.1 Å². The number of benzene rings is 1. The minimum Gasteiger partial charge on any atom is -0.474 e. The van der Waals surface area contributed by atoms with Crippen LogP contribution in [0.5, 0.6) is 0 Å². The first-order valence-corrected chi connectivity index (χ1v) is 4.05. The van der Waals surface area contributed by atoms with Gasteiger partial charge in [0.15, 0.2) is 0 Å². The van der Waals surface area contributed by atoms with Crippen LogP contribution in [0.25, 0.3) is 0 Å². The van der Waals surface area contributed by atoms with Gasteiger partial charge in [0.1, 0.15) is 5.82 Å². The summed E-state index contributed by atoms with van der Waals surface area (Å²) in [5.41, 5.74) is 4.48. The van der Waals surface area contributed by atoms with Crippen LogP contribution in [0, 0.1) is 5.82 Å². The summed E-state index contributed by atoms with van der Waals surface area (Å²) in [6.45, 7) is 0. The number of anilines is 1. The molecule has 0 saturated heterocycles. The minimum atomic E-state index is -1.72. The van der Waals surface area contributed by atoms with Crippen molar-refractivity contribution in [2.45, 2.75) is 0 Å². The molecule has 0 aliphatic rings. The number of hydrogen-bond acceptors (Lipinski definition) is 3. The Morgan fingerprint density at radius 1 is 1.31 bits per heavy atom. The van der Waals surface area contributed by atoms with Gasteiger partial charge in [-0.2, -0.15) is 0 Å². The molecule has 0 spiro atoms. The molecule has 2 amide bonds. The van der Waals surface area contributed by atoms with Crippen LogP contribution in [0.15, 0.2) is 18.2 Å². The molecular weight excluding hydrogens is 219 g/mol. The van der Waals surface area contributed by atoms with Crippen LogP contribution in [-0.2, 0) is 9.59 Å². The fourth-order valence-electron chi connectivity index (χ4n) is 1.01. The highest BCUT2D eigenvalue weighted by Crippen LogP contribution is 2.16. The average Bonchev–Trinajstić information content (AvgIpc) is 2.20. The van der Waals surface area contributed by atoms with E-state index in [-0.39, 0.29) is 11.3 Å². The number of carbonyl (C=O) groups excluding carboxylic acids is 2. The SMILES string of the molecule is NC(=O)c1cc(F)ccc1NC(=O)C(=O)O. The molecular formula is C9H7FN2O4. The summed E-state index contributed by atoms with van der Waals surface area (Å²) in [6, 6.07) is 2.82. The van der Waals surface area contributed by atoms with Gasteiger partial charge in [0.2, 0.25) is 0 Å². The van der Waals surface area contributed by atoms with Gasteiger partial charge in [-0.25, -0.2) is 9.18 Å². The van der Waals surface area contributed by atoms with Crippen molar-refractivity contribution in [2.75, 3.05) is 5.32 Å². The molecule has 1 aromatic rings. The smallest absolute Gasteiger partial charge is 0.394 e. The van der Waals surface area contributed by atoms with E-state index in [2.05, 4.69) is 0 Å². The second-order valence-electron chi connectivity index (χ2n) is 2.81. The molecule has 4 N–H and O–H groups in total. The number of carboxylic acids is 1. The summed E-state index contributed by atoms with van der Waals surface area (Å²) in [7, 11) is 0. The predicted molar refractivity (Wildman–Crippen MR) is 51.2 cm³/mol. The first-order chi connectivity index (χ1) is 7.41. The Hall–Kier alpha value is -2.44. The van der Waals surface area contributed by atoms with Gasteiger partial charge in [-0.15, -0.1) is 0 Å². The summed E-state index contributed by atoms with van der Waals surface area (Å²) in [5, 5.41) is 10.2. The number of nitrogens with two attached hydrogens (primary N) is 1. The molecule has 0 unspecified atom stereocenters. The standard InChI is InChI=1S/C9H7FN2O4/c10-4-1-2-6(5(3-4)7(11)13)12-8(14)9(15)16/h1-3H,(H2,11,13)(H,12,14)(H,15,16). The average molecular weight is 226 g/mol. The van der Waals surface area contributed by atoms with E-state index in [4.69, 9.17) is 10.8 Å². The second-order valence-corrected chi connectivity index (χ2v) is 2.81. The van der Waals surface area contributed by atoms with Gasteiger partial charge in [-0.3, -0.25) is 9.59 Å². The lowest BCUT2D eigenvalue weighted by Crippen LogP contribution is -2.24. The normalized spacial score (nSPS) is 9.56. The maximum absolute atomic E-state index is 12.8. The number of hydrogen-bond donors (Lipinski definition) is 3. The van der Waals surface area contributed by atoms with Crippen molar-refractivity contribution >= 4 is 23.5 Å². The summed E-state index contributed by atoms with van der Waals surface area (Å²) < 4.78 is 12.8. The highest BCUT2D eigenvalue weighted by Gasteiger charge is 2.16. The third kappa shape index (κ3) is 2.53. The number of aliphatic carboxylic acids is 1. The first-order valence-electron chi connectivity index (χ1n) is 4.05. The zero-order valence-electron chi connectivity index (χ0n) is 7.86. The van der Waals surface area contributed by atoms with Crippen molar-refractivity contribution in [3.8, 4) is 0 Å². The molecule has 1 aromatic carbocycles. The number of carboxylic acid groups (broad SMARTS) is 1. The molecule has 0 saturated carbocycles. The van der Waals surface area contributed by atoms with Crippen molar-refractivity contribution in [1.82, 2.24) is 0 Å². The predicted octanol–water partition coefficient (Wildman–Crippen LogP) is -0.0523. The Morgan fingerprint density at radius 2 is 1.94 bits per heavy atom. The van der Waals surface area contributed by atoms with Crippen molar-refractivity contribution in [3.05, 3.63) is 29.6 Å². The zero-order valence-corrected chi connectivity index (χ0v) is 7.86. The summed E-state index contributed by atoms with van der Waals surface area (Å²) in [6.07, 6.45) is 0. The van der Waals surface area contributed by atoms with Gasteiger partial charge >= 0.3 is 11.9 Å². The zero-order chi connectivity index (χ0) is 12.3. The third-order valence-electron chi connectivity index (χ3n) is 1.69. The Bertz CT molecular complexity index is 473. The van der Waals surface area contributed by atoms with E-state index in [1.54, 1.807) is 0 Å². The second kappa shape index (κ2) is 4.39. The molecule has 16 heavy (non-hydrogen) atoms. The van der Waals surface area contributed by atoms with Gasteiger partial charge in [0.05, 0.1) is 11.3 Å². The number of rotatable bonds is 2. The number of nitrogens with one attached hydrogen (secondary N) is 1. The van der Waals surface area contributed by atoms with Crippen molar-refractivity contribution in [1.29, 1.82) is 0 Å². The molecule has 0 bridgehead atoms. The maximum atomic E-state index is 12.8. The van der Waals surface area contributed by atoms with Crippen molar-refractivity contribution in [2.24, 2.45) is 5.73 Å².